The van der Waals surface area contributed by atoms with E-state index in [2.05, 4.69) is 77.6 Å². The van der Waals surface area contributed by atoms with Gasteiger partial charge in [0.2, 0.25) is 0 Å². The van der Waals surface area contributed by atoms with Gasteiger partial charge in [-0.25, -0.2) is 0 Å². The van der Waals surface area contributed by atoms with Crippen LogP contribution >= 0.6 is 0 Å². The topological polar surface area (TPSA) is 53.2 Å². The number of hydrogen-bond donors (Lipinski definition) is 2. The molecule has 5 rings (SSSR count). The predicted molar refractivity (Wildman–Crippen MR) is 128 cm³/mol. The summed E-state index contributed by atoms with van der Waals surface area (Å²) in [5.74, 6) is 0.817. The molecule has 4 nitrogen and oxygen atoms in total. The van der Waals surface area contributed by atoms with Crippen molar-refractivity contribution in [1.82, 2.24) is 9.97 Å². The number of benzene rings is 2. The lowest BCUT2D eigenvalue weighted by Gasteiger charge is -2.05. The molecule has 0 amide bonds. The van der Waals surface area contributed by atoms with E-state index in [1.54, 1.807) is 0 Å². The fourth-order valence-corrected chi connectivity index (χ4v) is 3.82. The van der Waals surface area contributed by atoms with Gasteiger partial charge in [0, 0.05) is 22.7 Å². The van der Waals surface area contributed by atoms with Gasteiger partial charge in [-0.2, -0.15) is 0 Å². The van der Waals surface area contributed by atoms with Crippen molar-refractivity contribution in [2.75, 3.05) is 0 Å². The molecule has 0 fully saturated rings. The molecule has 4 aromatic rings. The zero-order valence-electron chi connectivity index (χ0n) is 17.6. The normalized spacial score (nSPS) is 14.5. The van der Waals surface area contributed by atoms with Crippen molar-refractivity contribution in [2.45, 2.75) is 26.4 Å². The van der Waals surface area contributed by atoms with E-state index in [4.69, 9.17) is 9.73 Å². The number of fused-ring (bicyclic) bond motifs is 1. The molecule has 0 saturated heterocycles. The maximum atomic E-state index is 6.22. The average Bonchev–Trinajstić information content (AvgIpc) is 3.52. The zero-order valence-corrected chi connectivity index (χ0v) is 17.6. The van der Waals surface area contributed by atoms with E-state index in [9.17, 15) is 0 Å². The van der Waals surface area contributed by atoms with Gasteiger partial charge in [0.05, 0.1) is 22.8 Å². The Hall–Kier alpha value is -3.79. The van der Waals surface area contributed by atoms with E-state index in [0.717, 1.165) is 58.2 Å². The van der Waals surface area contributed by atoms with Crippen LogP contribution in [0.2, 0.25) is 0 Å². The van der Waals surface area contributed by atoms with Crippen LogP contribution in [0.1, 0.15) is 31.0 Å². The summed E-state index contributed by atoms with van der Waals surface area (Å²) >= 11 is 0. The van der Waals surface area contributed by atoms with Crippen LogP contribution in [-0.4, -0.2) is 15.7 Å². The number of ether oxygens (including phenoxy) is 1. The fraction of sp³-hybridized carbons (Fsp3) is 0.148. The Kier molecular flexibility index (Phi) is 5.28. The van der Waals surface area contributed by atoms with Gasteiger partial charge in [-0.05, 0) is 42.3 Å². The molecule has 0 unspecified atom stereocenters. The van der Waals surface area contributed by atoms with Crippen LogP contribution in [0.3, 0.4) is 0 Å². The number of hydrogen-bond acceptors (Lipinski definition) is 2. The van der Waals surface area contributed by atoms with Gasteiger partial charge >= 0.3 is 0 Å². The first-order chi connectivity index (χ1) is 15.3. The van der Waals surface area contributed by atoms with Gasteiger partial charge in [-0.3, -0.25) is 4.99 Å². The van der Waals surface area contributed by atoms with Crippen LogP contribution in [0.4, 0.5) is 0 Å². The third kappa shape index (κ3) is 4.24. The summed E-state index contributed by atoms with van der Waals surface area (Å²) in [5.41, 5.74) is 7.27. The quantitative estimate of drug-likeness (QED) is 0.344. The first-order valence-electron chi connectivity index (χ1n) is 10.7. The lowest BCUT2D eigenvalue weighted by Crippen LogP contribution is -1.95. The number of aromatic nitrogens is 2. The number of rotatable bonds is 7. The van der Waals surface area contributed by atoms with Crippen molar-refractivity contribution in [3.05, 3.63) is 95.8 Å². The molecule has 0 aliphatic carbocycles. The van der Waals surface area contributed by atoms with Crippen LogP contribution in [0.25, 0.3) is 28.4 Å². The molecule has 4 heteroatoms. The standard InChI is InChI=1S/C27H25N3O/c1-2-8-21-13-14-22(28-21)16-26-27(31-18-19-9-4-3-5-10-19)17-25(30-26)24-15-20-11-6-7-12-23(20)29-24/h3-7,9-17,29-30H,2,8,18H2,1H3. The Balaban J connectivity index is 1.49. The number of allylic oxidation sites excluding steroid dienone is 2. The van der Waals surface area contributed by atoms with Crippen LogP contribution < -0.4 is 4.74 Å². The minimum atomic E-state index is 0.515. The lowest BCUT2D eigenvalue weighted by atomic mass is 10.2. The summed E-state index contributed by atoms with van der Waals surface area (Å²) < 4.78 is 6.22. The molecule has 0 spiro atoms. The highest BCUT2D eigenvalue weighted by Gasteiger charge is 2.13. The van der Waals surface area contributed by atoms with Gasteiger partial charge in [-0.15, -0.1) is 0 Å². The molecular weight excluding hydrogens is 382 g/mol. The summed E-state index contributed by atoms with van der Waals surface area (Å²) in [6.07, 6.45) is 8.31. The van der Waals surface area contributed by atoms with Gasteiger partial charge < -0.3 is 14.7 Å². The zero-order chi connectivity index (χ0) is 21.0. The average molecular weight is 408 g/mol. The minimum Gasteiger partial charge on any atom is -0.487 e. The Morgan fingerprint density at radius 1 is 0.903 bits per heavy atom. The molecule has 2 aromatic carbocycles. The fourth-order valence-electron chi connectivity index (χ4n) is 3.82. The van der Waals surface area contributed by atoms with E-state index in [1.165, 1.54) is 5.39 Å². The molecule has 3 heterocycles. The molecular formula is C27H25N3O. The maximum absolute atomic E-state index is 6.22. The number of nitrogens with one attached hydrogen (secondary N) is 2. The van der Waals surface area contributed by atoms with Crippen molar-refractivity contribution < 1.29 is 4.74 Å². The molecule has 2 N–H and O–H groups in total. The van der Waals surface area contributed by atoms with E-state index in [-0.39, 0.29) is 0 Å². The number of aliphatic imine (C=N–C) groups is 1. The Morgan fingerprint density at radius 2 is 1.71 bits per heavy atom. The third-order valence-electron chi connectivity index (χ3n) is 5.39. The van der Waals surface area contributed by atoms with Crippen LogP contribution in [0.5, 0.6) is 5.75 Å². The highest BCUT2D eigenvalue weighted by Crippen LogP contribution is 2.32. The van der Waals surface area contributed by atoms with Crippen molar-refractivity contribution in [2.24, 2.45) is 4.99 Å². The van der Waals surface area contributed by atoms with Crippen molar-refractivity contribution in [3.8, 4) is 17.1 Å². The highest BCUT2D eigenvalue weighted by atomic mass is 16.5. The van der Waals surface area contributed by atoms with Crippen molar-refractivity contribution in [3.63, 3.8) is 0 Å². The van der Waals surface area contributed by atoms with E-state index < -0.39 is 0 Å². The summed E-state index contributed by atoms with van der Waals surface area (Å²) in [4.78, 5) is 11.8. The van der Waals surface area contributed by atoms with Crippen LogP contribution in [0, 0.1) is 0 Å². The largest absolute Gasteiger partial charge is 0.487 e. The number of para-hydroxylation sites is 1. The molecule has 1 aliphatic rings. The Morgan fingerprint density at radius 3 is 2.55 bits per heavy atom. The molecule has 2 aromatic heterocycles. The molecule has 0 bridgehead atoms. The molecule has 0 radical (unpaired) electrons. The lowest BCUT2D eigenvalue weighted by molar-refractivity contribution is 0.306. The second-order valence-electron chi connectivity index (χ2n) is 7.76. The predicted octanol–water partition coefficient (Wildman–Crippen LogP) is 6.89. The van der Waals surface area contributed by atoms with Gasteiger partial charge in [0.1, 0.15) is 12.4 Å². The Labute approximate surface area is 182 Å². The van der Waals surface area contributed by atoms with Gasteiger partial charge in [0.15, 0.2) is 0 Å². The summed E-state index contributed by atoms with van der Waals surface area (Å²) in [6, 6.07) is 22.7. The summed E-state index contributed by atoms with van der Waals surface area (Å²) in [7, 11) is 0. The SMILES string of the molecule is CCCC1=NC(=Cc2[nH]c(-c3cc4ccccc4[nH]3)cc2OCc2ccccc2)C=C1. The van der Waals surface area contributed by atoms with Gasteiger partial charge in [0.25, 0.3) is 0 Å². The number of H-pyrrole nitrogens is 2. The van der Waals surface area contributed by atoms with Crippen molar-refractivity contribution in [1.29, 1.82) is 0 Å². The van der Waals surface area contributed by atoms with Gasteiger partial charge in [-0.1, -0.05) is 61.9 Å². The number of aromatic amines is 2. The molecule has 154 valence electrons. The van der Waals surface area contributed by atoms with Crippen molar-refractivity contribution >= 4 is 22.7 Å². The molecule has 1 aliphatic heterocycles. The summed E-state index contributed by atoms with van der Waals surface area (Å²) in [6.45, 7) is 2.69. The van der Waals surface area contributed by atoms with Crippen LogP contribution in [0.15, 0.2) is 89.6 Å². The second kappa shape index (κ2) is 8.52. The van der Waals surface area contributed by atoms with E-state index in [1.807, 2.05) is 24.3 Å². The second-order valence-corrected chi connectivity index (χ2v) is 7.76. The highest BCUT2D eigenvalue weighted by molar-refractivity contribution is 5.99. The maximum Gasteiger partial charge on any atom is 0.145 e. The molecule has 0 saturated carbocycles. The smallest absolute Gasteiger partial charge is 0.145 e. The van der Waals surface area contributed by atoms with E-state index in [0.29, 0.717) is 6.61 Å². The monoisotopic (exact) mass is 407 g/mol. The first kappa shape index (κ1) is 19.2. The Bertz CT molecular complexity index is 1260. The molecule has 0 atom stereocenters. The first-order valence-corrected chi connectivity index (χ1v) is 10.7. The minimum absolute atomic E-state index is 0.515. The molecule has 31 heavy (non-hydrogen) atoms. The third-order valence-corrected chi connectivity index (χ3v) is 5.39. The number of nitrogens with zero attached hydrogens (tertiary/aromatic N) is 1. The van der Waals surface area contributed by atoms with E-state index >= 15 is 0 Å². The summed E-state index contributed by atoms with van der Waals surface area (Å²) in [5, 5.41) is 1.19. The van der Waals surface area contributed by atoms with Crippen LogP contribution in [-0.2, 0) is 6.61 Å².